The van der Waals surface area contributed by atoms with Crippen LogP contribution >= 0.6 is 0 Å². The molecule has 1 aliphatic carbocycles. The Kier molecular flexibility index (Phi) is 6.08. The third-order valence-electron chi connectivity index (χ3n) is 11.0. The predicted octanol–water partition coefficient (Wildman–Crippen LogP) is 10.8. The minimum atomic E-state index is 0.0488. The summed E-state index contributed by atoms with van der Waals surface area (Å²) < 4.78 is 0. The number of fused-ring (bicyclic) bond motifs is 13. The van der Waals surface area contributed by atoms with E-state index in [-0.39, 0.29) is 6.71 Å². The van der Waals surface area contributed by atoms with Crippen LogP contribution in [-0.4, -0.2) is 6.71 Å². The molecule has 2 heterocycles. The van der Waals surface area contributed by atoms with Crippen LogP contribution < -0.4 is 26.2 Å². The van der Waals surface area contributed by atoms with Gasteiger partial charge in [0, 0.05) is 34.0 Å². The largest absolute Gasteiger partial charge is 0.311 e. The summed E-state index contributed by atoms with van der Waals surface area (Å²) in [4.78, 5) is 5.05. The Hall–Kier alpha value is -6.58. The summed E-state index contributed by atoms with van der Waals surface area (Å²) in [6.45, 7) is 0.0488. The van der Waals surface area contributed by atoms with Crippen LogP contribution in [-0.2, 0) is 0 Å². The quantitative estimate of drug-likeness (QED) is 0.173. The number of nitrogens with zero attached hydrogens (tertiary/aromatic N) is 2. The number of hydrogen-bond acceptors (Lipinski definition) is 2. The monoisotopic (exact) mass is 646 g/mol. The highest BCUT2D eigenvalue weighted by molar-refractivity contribution is 7.00. The molecule has 8 aromatic rings. The van der Waals surface area contributed by atoms with Gasteiger partial charge < -0.3 is 9.80 Å². The smallest absolute Gasteiger partial charge is 0.252 e. The average Bonchev–Trinajstić information content (AvgIpc) is 3.20. The normalized spacial score (nSPS) is 13.0. The molecule has 0 fully saturated rings. The maximum atomic E-state index is 2.55. The second kappa shape index (κ2) is 11.0. The number of para-hydroxylation sites is 4. The van der Waals surface area contributed by atoms with Gasteiger partial charge in [-0.2, -0.15) is 0 Å². The van der Waals surface area contributed by atoms with Crippen LogP contribution in [0.25, 0.3) is 44.5 Å². The molecule has 2 aliphatic heterocycles. The molecule has 51 heavy (non-hydrogen) atoms. The van der Waals surface area contributed by atoms with E-state index in [1.807, 2.05) is 0 Å². The maximum absolute atomic E-state index is 2.55. The summed E-state index contributed by atoms with van der Waals surface area (Å²) in [6, 6.07) is 69.4. The average molecular weight is 647 g/mol. The zero-order chi connectivity index (χ0) is 33.5. The first-order valence-corrected chi connectivity index (χ1v) is 17.7. The van der Waals surface area contributed by atoms with Gasteiger partial charge in [-0.1, -0.05) is 146 Å². The fraction of sp³-hybridized carbons (Fsp3) is 0. The molecular formula is C48H31BN2. The van der Waals surface area contributed by atoms with Crippen molar-refractivity contribution in [1.29, 1.82) is 0 Å². The maximum Gasteiger partial charge on any atom is 0.252 e. The molecule has 0 aromatic heterocycles. The summed E-state index contributed by atoms with van der Waals surface area (Å²) >= 11 is 0. The van der Waals surface area contributed by atoms with Crippen molar-refractivity contribution in [3.8, 4) is 44.5 Å². The third-order valence-corrected chi connectivity index (χ3v) is 11.0. The summed E-state index contributed by atoms with van der Waals surface area (Å²) in [5.74, 6) is 0. The first kappa shape index (κ1) is 28.3. The first-order chi connectivity index (χ1) is 25.4. The van der Waals surface area contributed by atoms with Crippen molar-refractivity contribution in [3.63, 3.8) is 0 Å². The van der Waals surface area contributed by atoms with E-state index >= 15 is 0 Å². The molecule has 236 valence electrons. The number of anilines is 6. The van der Waals surface area contributed by atoms with Crippen molar-refractivity contribution in [3.05, 3.63) is 188 Å². The van der Waals surface area contributed by atoms with Crippen molar-refractivity contribution in [1.82, 2.24) is 0 Å². The van der Waals surface area contributed by atoms with Gasteiger partial charge in [-0.25, -0.2) is 0 Å². The fourth-order valence-electron chi connectivity index (χ4n) is 9.00. The molecule has 0 amide bonds. The van der Waals surface area contributed by atoms with E-state index in [1.54, 1.807) is 0 Å². The first-order valence-electron chi connectivity index (χ1n) is 17.7. The molecule has 3 aliphatic rings. The molecule has 0 saturated heterocycles. The summed E-state index contributed by atoms with van der Waals surface area (Å²) in [7, 11) is 0. The Bertz CT molecular complexity index is 2650. The fourth-order valence-corrected chi connectivity index (χ4v) is 9.00. The zero-order valence-corrected chi connectivity index (χ0v) is 27.9. The Morgan fingerprint density at radius 1 is 0.314 bits per heavy atom. The minimum absolute atomic E-state index is 0.0488. The lowest BCUT2D eigenvalue weighted by Crippen LogP contribution is -2.61. The zero-order valence-electron chi connectivity index (χ0n) is 27.9. The molecular weight excluding hydrogens is 615 g/mol. The molecule has 0 saturated carbocycles. The second-order valence-electron chi connectivity index (χ2n) is 13.6. The van der Waals surface area contributed by atoms with Gasteiger partial charge in [-0.05, 0) is 97.8 Å². The van der Waals surface area contributed by atoms with Gasteiger partial charge in [0.15, 0.2) is 0 Å². The highest BCUT2D eigenvalue weighted by Crippen LogP contribution is 2.55. The van der Waals surface area contributed by atoms with Crippen molar-refractivity contribution in [2.24, 2.45) is 0 Å². The summed E-state index contributed by atoms with van der Waals surface area (Å²) in [6.07, 6.45) is 0. The van der Waals surface area contributed by atoms with E-state index < -0.39 is 0 Å². The van der Waals surface area contributed by atoms with E-state index in [0.717, 1.165) is 11.4 Å². The molecule has 0 N–H and O–H groups in total. The molecule has 0 bridgehead atoms. The molecule has 11 rings (SSSR count). The lowest BCUT2D eigenvalue weighted by Gasteiger charge is -2.46. The molecule has 0 radical (unpaired) electrons. The third kappa shape index (κ3) is 4.00. The van der Waals surface area contributed by atoms with Gasteiger partial charge >= 0.3 is 0 Å². The number of rotatable bonds is 2. The van der Waals surface area contributed by atoms with Crippen LogP contribution in [0.1, 0.15) is 0 Å². The van der Waals surface area contributed by atoms with Crippen LogP contribution in [0.2, 0.25) is 0 Å². The topological polar surface area (TPSA) is 6.48 Å². The van der Waals surface area contributed by atoms with Gasteiger partial charge in [0.25, 0.3) is 6.71 Å². The van der Waals surface area contributed by atoms with Crippen LogP contribution in [0, 0.1) is 0 Å². The van der Waals surface area contributed by atoms with Crippen LogP contribution in [0.4, 0.5) is 34.1 Å². The Morgan fingerprint density at radius 3 is 1.25 bits per heavy atom. The minimum Gasteiger partial charge on any atom is -0.311 e. The molecule has 3 heteroatoms. The van der Waals surface area contributed by atoms with Crippen molar-refractivity contribution >= 4 is 57.2 Å². The van der Waals surface area contributed by atoms with E-state index in [9.17, 15) is 0 Å². The Balaban J connectivity index is 1.38. The highest BCUT2D eigenvalue weighted by Gasteiger charge is 2.45. The van der Waals surface area contributed by atoms with Crippen LogP contribution in [0.15, 0.2) is 188 Å². The van der Waals surface area contributed by atoms with E-state index in [4.69, 9.17) is 0 Å². The van der Waals surface area contributed by atoms with Gasteiger partial charge in [0.1, 0.15) is 0 Å². The summed E-state index contributed by atoms with van der Waals surface area (Å²) in [5, 5.41) is 0. The van der Waals surface area contributed by atoms with E-state index in [1.165, 1.54) is 83.6 Å². The number of benzene rings is 8. The highest BCUT2D eigenvalue weighted by atomic mass is 15.2. The van der Waals surface area contributed by atoms with E-state index in [2.05, 4.69) is 198 Å². The second-order valence-corrected chi connectivity index (χ2v) is 13.6. The van der Waals surface area contributed by atoms with Crippen molar-refractivity contribution < 1.29 is 0 Å². The van der Waals surface area contributed by atoms with Crippen LogP contribution in [0.5, 0.6) is 0 Å². The predicted molar refractivity (Wildman–Crippen MR) is 216 cm³/mol. The standard InChI is InChI=1S/C48H31BN2/c1-3-17-32(18-4-1)50-43-29-15-13-27-41(43)49-42-28-14-16-30-44(42)51(33-19-5-2-6-20-33)48-46-39-26-12-11-24-37(39)35-22-8-7-21-34(35)36-23-9-10-25-38(36)40(46)31-45(50)47(48)49/h1-31H. The van der Waals surface area contributed by atoms with Gasteiger partial charge in [0.05, 0.1) is 5.69 Å². The molecule has 0 unspecified atom stereocenters. The molecule has 0 spiro atoms. The Morgan fingerprint density at radius 2 is 0.706 bits per heavy atom. The molecule has 2 nitrogen and oxygen atoms in total. The Labute approximate surface area is 298 Å². The van der Waals surface area contributed by atoms with Crippen LogP contribution in [0.3, 0.4) is 0 Å². The lowest BCUT2D eigenvalue weighted by molar-refractivity contribution is 1.25. The van der Waals surface area contributed by atoms with E-state index in [0.29, 0.717) is 0 Å². The van der Waals surface area contributed by atoms with Gasteiger partial charge in [-0.15, -0.1) is 0 Å². The molecule has 0 atom stereocenters. The lowest BCUT2D eigenvalue weighted by atomic mass is 9.33. The number of hydrogen-bond donors (Lipinski definition) is 0. The van der Waals surface area contributed by atoms with Gasteiger partial charge in [-0.3, -0.25) is 0 Å². The van der Waals surface area contributed by atoms with Crippen molar-refractivity contribution in [2.75, 3.05) is 9.80 Å². The van der Waals surface area contributed by atoms with Gasteiger partial charge in [0.2, 0.25) is 0 Å². The van der Waals surface area contributed by atoms with Crippen molar-refractivity contribution in [2.45, 2.75) is 0 Å². The molecule has 8 aromatic carbocycles. The SMILES string of the molecule is c1ccc(N2c3ccccc3B3c4ccccc4N(c4ccccc4)c4c3c2cc2c4-c3ccccc3-c3ccccc3-c3ccccc3-2)cc1. The summed E-state index contributed by atoms with van der Waals surface area (Å²) in [5.41, 5.74) is 21.2.